The molecule has 376 valence electrons. The second-order valence-corrected chi connectivity index (χ2v) is 28.1. The minimum Gasteiger partial charge on any atom is -0.310 e. The number of thiol groups is 1. The molecule has 0 aromatic heterocycles. The number of rotatable bonds is 7. The topological polar surface area (TPSA) is 6.48 Å². The minimum absolute atomic E-state index is 0.0268. The van der Waals surface area contributed by atoms with E-state index in [0.717, 1.165) is 52.5 Å². The van der Waals surface area contributed by atoms with Crippen LogP contribution in [-0.2, 0) is 32.5 Å². The molecule has 0 radical (unpaired) electrons. The summed E-state index contributed by atoms with van der Waals surface area (Å²) in [7, 11) is 0. The molecule has 1 aliphatic heterocycles. The largest absolute Gasteiger partial charge is 0.310 e. The van der Waals surface area contributed by atoms with Crippen LogP contribution >= 0.6 is 12.6 Å². The number of anilines is 6. The van der Waals surface area contributed by atoms with Crippen molar-refractivity contribution in [3.8, 4) is 33.4 Å². The summed E-state index contributed by atoms with van der Waals surface area (Å²) in [6, 6.07) is 52.0. The van der Waals surface area contributed by atoms with Crippen molar-refractivity contribution in [1.29, 1.82) is 0 Å². The Balaban J connectivity index is 1.26. The van der Waals surface area contributed by atoms with Gasteiger partial charge in [0.25, 0.3) is 0 Å². The molecule has 73 heavy (non-hydrogen) atoms. The Morgan fingerprint density at radius 1 is 0.425 bits per heavy atom. The lowest BCUT2D eigenvalue weighted by atomic mass is 9.62. The van der Waals surface area contributed by atoms with Crippen LogP contribution < -0.4 is 9.80 Å². The van der Waals surface area contributed by atoms with Crippen molar-refractivity contribution in [3.63, 3.8) is 0 Å². The molecule has 7 aromatic carbocycles. The molecule has 0 unspecified atom stereocenters. The van der Waals surface area contributed by atoms with E-state index in [4.69, 9.17) is 12.6 Å². The third-order valence-electron chi connectivity index (χ3n) is 18.6. The van der Waals surface area contributed by atoms with Crippen molar-refractivity contribution < 1.29 is 0 Å². The van der Waals surface area contributed by atoms with Gasteiger partial charge in [0.15, 0.2) is 0 Å². The lowest BCUT2D eigenvalue weighted by Crippen LogP contribution is -2.34. The molecule has 3 aliphatic carbocycles. The maximum absolute atomic E-state index is 5.80. The summed E-state index contributed by atoms with van der Waals surface area (Å²) in [5, 5.41) is 0. The first-order chi connectivity index (χ1) is 34.2. The molecule has 0 fully saturated rings. The number of nitrogens with zero attached hydrogens (tertiary/aromatic N) is 2. The molecule has 4 aliphatic rings. The predicted octanol–water partition coefficient (Wildman–Crippen LogP) is 20.7. The number of benzene rings is 7. The number of hydrogen-bond acceptors (Lipinski definition) is 3. The predicted molar refractivity (Wildman–Crippen MR) is 317 cm³/mol. The summed E-state index contributed by atoms with van der Waals surface area (Å²) in [6.45, 7) is 36.7. The molecule has 0 atom stereocenters. The Hall–Kier alpha value is -5.51. The van der Waals surface area contributed by atoms with Crippen LogP contribution in [-0.4, -0.2) is 0 Å². The van der Waals surface area contributed by atoms with Gasteiger partial charge in [-0.1, -0.05) is 158 Å². The molecule has 0 amide bonds. The third-order valence-corrected chi connectivity index (χ3v) is 19.1. The smallest absolute Gasteiger partial charge is 0.0622 e. The summed E-state index contributed by atoms with van der Waals surface area (Å²) in [5.74, 6) is 0. The zero-order chi connectivity index (χ0) is 52.0. The van der Waals surface area contributed by atoms with Gasteiger partial charge in [-0.05, 0) is 217 Å². The summed E-state index contributed by atoms with van der Waals surface area (Å²) in [5.41, 5.74) is 24.9. The van der Waals surface area contributed by atoms with Crippen LogP contribution in [0.25, 0.3) is 33.4 Å². The first-order valence-electron chi connectivity index (χ1n) is 27.4. The van der Waals surface area contributed by atoms with E-state index in [1.165, 1.54) is 97.4 Å². The lowest BCUT2D eigenvalue weighted by Gasteiger charge is -2.43. The highest BCUT2D eigenvalue weighted by Crippen LogP contribution is 2.60. The maximum Gasteiger partial charge on any atom is 0.0622 e. The van der Waals surface area contributed by atoms with Gasteiger partial charge in [-0.3, -0.25) is 0 Å². The lowest BCUT2D eigenvalue weighted by molar-refractivity contribution is 0.315. The highest BCUT2D eigenvalue weighted by molar-refractivity contribution is 7.80. The van der Waals surface area contributed by atoms with E-state index < -0.39 is 0 Å². The maximum atomic E-state index is 5.80. The van der Waals surface area contributed by atoms with Gasteiger partial charge in [0.2, 0.25) is 0 Å². The number of hydrogen-bond donors (Lipinski definition) is 1. The quantitative estimate of drug-likeness (QED) is 0.159. The van der Waals surface area contributed by atoms with Gasteiger partial charge in [-0.2, -0.15) is 0 Å². The van der Waals surface area contributed by atoms with Crippen LogP contribution in [0.5, 0.6) is 0 Å². The van der Waals surface area contributed by atoms with Gasteiger partial charge in [0.1, 0.15) is 0 Å². The average molecular weight is 981 g/mol. The summed E-state index contributed by atoms with van der Waals surface area (Å²) in [6.07, 6.45) is 6.95. The van der Waals surface area contributed by atoms with Crippen LogP contribution in [0.15, 0.2) is 138 Å². The average Bonchev–Trinajstić information content (AvgIpc) is 3.56. The Labute approximate surface area is 445 Å². The second-order valence-electron chi connectivity index (χ2n) is 27.7. The molecule has 0 saturated heterocycles. The van der Waals surface area contributed by atoms with Gasteiger partial charge >= 0.3 is 0 Å². The number of fused-ring (bicyclic) bond motifs is 11. The van der Waals surface area contributed by atoms with E-state index in [2.05, 4.69) is 247 Å². The van der Waals surface area contributed by atoms with Crippen molar-refractivity contribution >= 4 is 46.8 Å². The molecule has 0 N–H and O–H groups in total. The molecule has 0 spiro atoms. The Morgan fingerprint density at radius 2 is 0.932 bits per heavy atom. The van der Waals surface area contributed by atoms with E-state index in [0.29, 0.717) is 0 Å². The molecule has 1 heterocycles. The fourth-order valence-electron chi connectivity index (χ4n) is 13.3. The summed E-state index contributed by atoms with van der Waals surface area (Å²) < 4.78 is 0. The van der Waals surface area contributed by atoms with Crippen molar-refractivity contribution in [1.82, 2.24) is 0 Å². The van der Waals surface area contributed by atoms with Gasteiger partial charge < -0.3 is 9.80 Å². The van der Waals surface area contributed by atoms with Gasteiger partial charge in [0.05, 0.1) is 11.4 Å². The fourth-order valence-corrected chi connectivity index (χ4v) is 13.7. The van der Waals surface area contributed by atoms with E-state index in [1.807, 2.05) is 0 Å². The molecular formula is C70H80N2S. The van der Waals surface area contributed by atoms with Gasteiger partial charge in [-0.15, -0.1) is 12.6 Å². The van der Waals surface area contributed by atoms with Crippen LogP contribution in [0.4, 0.5) is 34.1 Å². The number of para-hydroxylation sites is 2. The molecule has 3 heteroatoms. The van der Waals surface area contributed by atoms with Crippen LogP contribution in [0.1, 0.15) is 181 Å². The zero-order valence-corrected chi connectivity index (χ0v) is 47.7. The standard InChI is InChI=1S/C70H80N2S/c1-64(2,3)30-31-65(4,5)44-26-29-61-53(36-44)50-41-56-51(52-42-59-60(43-57(52)70(56,14)15)69(12,13)35-34-68(59,10)11)40-49(50)54-37-48(71(45-22-18-16-19-23-45)46-24-20-17-21-25-46)39-62(63(54)73)72(61)47-27-28-55-58(38-47)67(8,9)33-32-66(55,6)7/h16-29,36-43,73H,30-35H2,1-15H3. The van der Waals surface area contributed by atoms with E-state index >= 15 is 0 Å². The van der Waals surface area contributed by atoms with E-state index in [-0.39, 0.29) is 37.9 Å². The Kier molecular flexibility index (Phi) is 11.4. The monoisotopic (exact) mass is 981 g/mol. The summed E-state index contributed by atoms with van der Waals surface area (Å²) in [4.78, 5) is 5.99. The van der Waals surface area contributed by atoms with Crippen molar-refractivity contribution in [2.45, 2.75) is 180 Å². The van der Waals surface area contributed by atoms with Crippen molar-refractivity contribution in [3.05, 3.63) is 172 Å². The highest BCUT2D eigenvalue weighted by Gasteiger charge is 2.44. The molecule has 2 bridgehead atoms. The molecular weight excluding hydrogens is 901 g/mol. The zero-order valence-electron chi connectivity index (χ0n) is 46.8. The summed E-state index contributed by atoms with van der Waals surface area (Å²) >= 11 is 5.80. The second kappa shape index (κ2) is 16.7. The van der Waals surface area contributed by atoms with Crippen LogP contribution in [0.2, 0.25) is 0 Å². The Bertz CT molecular complexity index is 3300. The minimum atomic E-state index is -0.219. The van der Waals surface area contributed by atoms with Crippen molar-refractivity contribution in [2.75, 3.05) is 9.80 Å². The van der Waals surface area contributed by atoms with Gasteiger partial charge in [0, 0.05) is 38.6 Å². The van der Waals surface area contributed by atoms with Crippen LogP contribution in [0, 0.1) is 5.41 Å². The van der Waals surface area contributed by atoms with Gasteiger partial charge in [-0.25, -0.2) is 0 Å². The third kappa shape index (κ3) is 8.21. The molecule has 7 aromatic rings. The van der Waals surface area contributed by atoms with Crippen molar-refractivity contribution in [2.24, 2.45) is 5.41 Å². The molecule has 11 rings (SSSR count). The highest BCUT2D eigenvalue weighted by atomic mass is 32.1. The Morgan fingerprint density at radius 3 is 1.52 bits per heavy atom. The first-order valence-corrected chi connectivity index (χ1v) is 27.9. The fraction of sp³-hybridized carbons (Fsp3) is 0.400. The molecule has 2 nitrogen and oxygen atoms in total. The van der Waals surface area contributed by atoms with E-state index in [9.17, 15) is 0 Å². The first kappa shape index (κ1) is 49.7. The van der Waals surface area contributed by atoms with Crippen LogP contribution in [0.3, 0.4) is 0 Å². The molecule has 0 saturated carbocycles. The SMILES string of the molecule is CC(C)(C)CCC(C)(C)c1ccc2c(c1)-c1cc3c(cc1-c1cc(N(c4ccccc4)c4ccccc4)cc(c1S)N2c1ccc2c(c1)C(C)(C)CCC2(C)C)-c1cc2c(cc1C3(C)C)C(C)(C)CCC2(C)C. The van der Waals surface area contributed by atoms with E-state index in [1.54, 1.807) is 0 Å². The normalized spacial score (nSPS) is 18.3.